The minimum Gasteiger partial charge on any atom is -0.462 e. The van der Waals surface area contributed by atoms with Gasteiger partial charge in [0.2, 0.25) is 0 Å². The van der Waals surface area contributed by atoms with E-state index in [9.17, 15) is 19.8 Å². The zero-order chi connectivity index (χ0) is 20.7. The fourth-order valence-electron chi connectivity index (χ4n) is 6.35. The van der Waals surface area contributed by atoms with Gasteiger partial charge in [-0.05, 0) is 48.9 Å². The maximum absolute atomic E-state index is 11.9. The van der Waals surface area contributed by atoms with Gasteiger partial charge in [-0.3, -0.25) is 4.79 Å². The number of aliphatic hydroxyl groups is 2. The molecule has 3 aliphatic rings. The van der Waals surface area contributed by atoms with Gasteiger partial charge in [0.15, 0.2) is 0 Å². The predicted octanol–water partition coefficient (Wildman–Crippen LogP) is 2.61. The number of hydrogen-bond donors (Lipinski definition) is 2. The molecule has 0 aromatic carbocycles. The summed E-state index contributed by atoms with van der Waals surface area (Å²) in [5, 5.41) is 20.3. The Hall–Kier alpha value is -1.40. The fraction of sp³-hybridized carbons (Fsp3) is 0.818. The smallest absolute Gasteiger partial charge is 0.336 e. The number of ether oxygens (including phenoxy) is 2. The van der Waals surface area contributed by atoms with E-state index in [1.807, 2.05) is 13.0 Å². The Morgan fingerprint density at radius 1 is 1.32 bits per heavy atom. The van der Waals surface area contributed by atoms with E-state index >= 15 is 0 Å². The molecule has 0 spiro atoms. The van der Waals surface area contributed by atoms with Crippen molar-refractivity contribution >= 4 is 11.9 Å². The van der Waals surface area contributed by atoms with Crippen molar-refractivity contribution in [2.75, 3.05) is 13.2 Å². The summed E-state index contributed by atoms with van der Waals surface area (Å²) in [7, 11) is 0. The van der Waals surface area contributed by atoms with Gasteiger partial charge in [0.05, 0.1) is 12.2 Å². The molecule has 6 nitrogen and oxygen atoms in total. The predicted molar refractivity (Wildman–Crippen MR) is 103 cm³/mol. The van der Waals surface area contributed by atoms with Crippen LogP contribution in [0.15, 0.2) is 11.6 Å². The lowest BCUT2D eigenvalue weighted by Gasteiger charge is -2.61. The molecule has 1 heterocycles. The van der Waals surface area contributed by atoms with Gasteiger partial charge in [-0.2, -0.15) is 0 Å². The van der Waals surface area contributed by atoms with E-state index in [1.54, 1.807) is 0 Å². The Kier molecular flexibility index (Phi) is 5.93. The van der Waals surface area contributed by atoms with Crippen molar-refractivity contribution in [3.8, 4) is 0 Å². The molecule has 0 bridgehead atoms. The van der Waals surface area contributed by atoms with E-state index in [2.05, 4.69) is 13.8 Å². The molecule has 3 rings (SSSR count). The summed E-state index contributed by atoms with van der Waals surface area (Å²) in [5.41, 5.74) is -0.136. The SMILES string of the molecule is CC(=O)O[C@@H]1CC[C@]2(C)C(C/C=C3/C(=O)OC[C@H]3O)C(C)CCC2[C@]1(C)CO. The van der Waals surface area contributed by atoms with Crippen LogP contribution >= 0.6 is 0 Å². The third-order valence-electron chi connectivity index (χ3n) is 7.93. The standard InChI is InChI=1S/C22H34O6/c1-13-5-8-18-21(3,10-9-19(28-14(2)24)22(18,4)12-23)16(13)7-6-15-17(25)11-27-20(15)26/h6,13,16-19,23,25H,5,7-12H2,1-4H3/b15-6+/t13?,16?,17-,18?,19-,21-,22+/m1/s1. The van der Waals surface area contributed by atoms with Gasteiger partial charge in [-0.15, -0.1) is 0 Å². The van der Waals surface area contributed by atoms with Crippen LogP contribution in [-0.2, 0) is 19.1 Å². The molecule has 1 saturated heterocycles. The van der Waals surface area contributed by atoms with Crippen molar-refractivity contribution in [3.05, 3.63) is 11.6 Å². The molecule has 1 aliphatic heterocycles. The molecule has 0 aromatic rings. The van der Waals surface area contributed by atoms with Crippen molar-refractivity contribution in [3.63, 3.8) is 0 Å². The third-order valence-corrected chi connectivity index (χ3v) is 7.93. The number of hydrogen-bond acceptors (Lipinski definition) is 6. The number of allylic oxidation sites excluding steroid dienone is 1. The quantitative estimate of drug-likeness (QED) is 0.562. The third kappa shape index (κ3) is 3.50. The number of fused-ring (bicyclic) bond motifs is 1. The van der Waals surface area contributed by atoms with E-state index in [4.69, 9.17) is 9.47 Å². The normalized spacial score (nSPS) is 44.9. The van der Waals surface area contributed by atoms with Crippen LogP contribution in [0.5, 0.6) is 0 Å². The second kappa shape index (κ2) is 7.79. The van der Waals surface area contributed by atoms with Crippen LogP contribution in [-0.4, -0.2) is 47.6 Å². The molecule has 3 unspecified atom stereocenters. The Morgan fingerprint density at radius 2 is 2.04 bits per heavy atom. The lowest BCUT2D eigenvalue weighted by atomic mass is 9.45. The highest BCUT2D eigenvalue weighted by atomic mass is 16.6. The average Bonchev–Trinajstić information content (AvgIpc) is 2.95. The summed E-state index contributed by atoms with van der Waals surface area (Å²) in [6.07, 6.45) is 5.13. The summed E-state index contributed by atoms with van der Waals surface area (Å²) < 4.78 is 10.6. The van der Waals surface area contributed by atoms with Crippen molar-refractivity contribution < 1.29 is 29.3 Å². The number of carbonyl (C=O) groups is 2. The van der Waals surface area contributed by atoms with Crippen LogP contribution in [0.3, 0.4) is 0 Å². The minimum absolute atomic E-state index is 0.0154. The molecule has 7 atom stereocenters. The largest absolute Gasteiger partial charge is 0.462 e. The highest BCUT2D eigenvalue weighted by Crippen LogP contribution is 2.62. The van der Waals surface area contributed by atoms with E-state index in [-0.39, 0.29) is 36.6 Å². The fourth-order valence-corrected chi connectivity index (χ4v) is 6.35. The van der Waals surface area contributed by atoms with Gasteiger partial charge in [0.25, 0.3) is 0 Å². The summed E-state index contributed by atoms with van der Waals surface area (Å²) >= 11 is 0. The first-order valence-electron chi connectivity index (χ1n) is 10.5. The molecule has 6 heteroatoms. The number of rotatable bonds is 4. The van der Waals surface area contributed by atoms with E-state index in [1.165, 1.54) is 6.92 Å². The number of cyclic esters (lactones) is 1. The van der Waals surface area contributed by atoms with Gasteiger partial charge in [-0.1, -0.05) is 33.3 Å². The van der Waals surface area contributed by atoms with Crippen molar-refractivity contribution in [1.29, 1.82) is 0 Å². The molecule has 2 saturated carbocycles. The highest BCUT2D eigenvalue weighted by molar-refractivity contribution is 5.91. The van der Waals surface area contributed by atoms with E-state index < -0.39 is 17.5 Å². The molecule has 0 amide bonds. The second-order valence-corrected chi connectivity index (χ2v) is 9.53. The van der Waals surface area contributed by atoms with Crippen LogP contribution in [0, 0.1) is 28.6 Å². The first-order chi connectivity index (χ1) is 13.1. The molecule has 28 heavy (non-hydrogen) atoms. The Labute approximate surface area is 167 Å². The Balaban J connectivity index is 1.88. The molecule has 2 aliphatic carbocycles. The average molecular weight is 395 g/mol. The summed E-state index contributed by atoms with van der Waals surface area (Å²) in [4.78, 5) is 23.5. The van der Waals surface area contributed by atoms with Gasteiger partial charge in [0, 0.05) is 12.3 Å². The van der Waals surface area contributed by atoms with Crippen LogP contribution in [0.2, 0.25) is 0 Å². The Morgan fingerprint density at radius 3 is 2.61 bits per heavy atom. The summed E-state index contributed by atoms with van der Waals surface area (Å²) in [6.45, 7) is 8.04. The van der Waals surface area contributed by atoms with Crippen molar-refractivity contribution in [1.82, 2.24) is 0 Å². The molecule has 3 fully saturated rings. The number of esters is 2. The van der Waals surface area contributed by atoms with E-state index in [0.29, 0.717) is 23.8 Å². The molecular weight excluding hydrogens is 360 g/mol. The molecule has 2 N–H and O–H groups in total. The molecule has 0 aromatic heterocycles. The van der Waals surface area contributed by atoms with Crippen LogP contribution in [0.25, 0.3) is 0 Å². The monoisotopic (exact) mass is 394 g/mol. The van der Waals surface area contributed by atoms with Crippen LogP contribution in [0.1, 0.15) is 59.8 Å². The lowest BCUT2D eigenvalue weighted by molar-refractivity contribution is -0.194. The van der Waals surface area contributed by atoms with E-state index in [0.717, 1.165) is 25.7 Å². The van der Waals surface area contributed by atoms with Crippen molar-refractivity contribution in [2.24, 2.45) is 28.6 Å². The second-order valence-electron chi connectivity index (χ2n) is 9.53. The minimum atomic E-state index is -0.836. The topological polar surface area (TPSA) is 93.1 Å². The van der Waals surface area contributed by atoms with Gasteiger partial charge in [0.1, 0.15) is 18.8 Å². The van der Waals surface area contributed by atoms with Gasteiger partial charge < -0.3 is 19.7 Å². The molecular formula is C22H34O6. The van der Waals surface area contributed by atoms with Crippen LogP contribution in [0.4, 0.5) is 0 Å². The van der Waals surface area contributed by atoms with Gasteiger partial charge in [-0.25, -0.2) is 4.79 Å². The maximum atomic E-state index is 11.9. The summed E-state index contributed by atoms with van der Waals surface area (Å²) in [6, 6.07) is 0. The lowest BCUT2D eigenvalue weighted by Crippen LogP contribution is -2.59. The maximum Gasteiger partial charge on any atom is 0.336 e. The number of carbonyl (C=O) groups excluding carboxylic acids is 2. The zero-order valence-corrected chi connectivity index (χ0v) is 17.4. The highest BCUT2D eigenvalue weighted by Gasteiger charge is 2.59. The van der Waals surface area contributed by atoms with Gasteiger partial charge >= 0.3 is 11.9 Å². The van der Waals surface area contributed by atoms with Crippen LogP contribution < -0.4 is 0 Å². The number of aliphatic hydroxyl groups excluding tert-OH is 2. The molecule has 0 radical (unpaired) electrons. The molecule has 158 valence electrons. The first kappa shape index (κ1) is 21.3. The summed E-state index contributed by atoms with van der Waals surface area (Å²) in [5.74, 6) is 0.302. The first-order valence-corrected chi connectivity index (χ1v) is 10.5. The Bertz CT molecular complexity index is 657. The zero-order valence-electron chi connectivity index (χ0n) is 17.4. The van der Waals surface area contributed by atoms with Crippen molar-refractivity contribution in [2.45, 2.75) is 72.0 Å².